The zero-order chi connectivity index (χ0) is 21.1. The summed E-state index contributed by atoms with van der Waals surface area (Å²) >= 11 is -0.556. The van der Waals surface area contributed by atoms with Crippen LogP contribution in [0.15, 0.2) is 59.1 Å². The zero-order valence-electron chi connectivity index (χ0n) is 18.3. The number of fused-ring (bicyclic) bond motifs is 2. The monoisotopic (exact) mass is 510 g/mol. The van der Waals surface area contributed by atoms with Gasteiger partial charge in [0.25, 0.3) is 0 Å². The molecule has 1 aliphatic heterocycles. The van der Waals surface area contributed by atoms with Gasteiger partial charge in [-0.15, -0.1) is 13.3 Å². The van der Waals surface area contributed by atoms with Crippen LogP contribution in [0.4, 0.5) is 0 Å². The maximum atomic E-state index is 6.31. The first-order valence-electron chi connectivity index (χ1n) is 10.4. The van der Waals surface area contributed by atoms with Gasteiger partial charge in [-0.25, -0.2) is 0 Å². The van der Waals surface area contributed by atoms with Crippen LogP contribution in [0, 0.1) is 19.3 Å². The van der Waals surface area contributed by atoms with Crippen molar-refractivity contribution in [3.05, 3.63) is 78.5 Å². The van der Waals surface area contributed by atoms with E-state index in [1.165, 1.54) is 11.8 Å². The van der Waals surface area contributed by atoms with E-state index in [9.17, 15) is 0 Å². The molecule has 3 unspecified atom stereocenters. The summed E-state index contributed by atoms with van der Waals surface area (Å²) in [5.74, 6) is 2.74. The molecule has 5 rings (SSSR count). The van der Waals surface area contributed by atoms with E-state index < -0.39 is 25.3 Å². The van der Waals surface area contributed by atoms with Gasteiger partial charge in [0.15, 0.2) is 0 Å². The van der Waals surface area contributed by atoms with Crippen LogP contribution < -0.4 is 0 Å². The van der Waals surface area contributed by atoms with Gasteiger partial charge in [0, 0.05) is 11.3 Å². The normalized spacial score (nSPS) is 28.1. The summed E-state index contributed by atoms with van der Waals surface area (Å²) in [5.41, 5.74) is 1.69. The number of halogens is 2. The molecule has 4 atom stereocenters. The molecule has 1 saturated carbocycles. The SMILES string of the molecule is C[Si](C)(C1C[C@H](c2cc3ccccc3o2)C2C=CC=CC21)N1C[N-]C[N-]C1.[CH3-].[Cl][Ti+4][Cl]. The van der Waals surface area contributed by atoms with Crippen LogP contribution in [0.3, 0.4) is 0 Å². The van der Waals surface area contributed by atoms with Gasteiger partial charge >= 0.3 is 35.6 Å². The van der Waals surface area contributed by atoms with Crippen LogP contribution in [0.25, 0.3) is 21.6 Å². The molecule has 0 spiro atoms. The number of benzene rings is 1. The minimum atomic E-state index is -1.67. The topological polar surface area (TPSA) is 44.6 Å². The number of para-hydroxylation sites is 1. The summed E-state index contributed by atoms with van der Waals surface area (Å²) in [5, 5.41) is 10.3. The molecule has 1 aromatic heterocycles. The molecule has 2 heterocycles. The van der Waals surface area contributed by atoms with Crippen molar-refractivity contribution >= 4 is 37.8 Å². The van der Waals surface area contributed by atoms with Gasteiger partial charge in [-0.3, -0.25) is 6.67 Å². The first kappa shape index (κ1) is 25.3. The van der Waals surface area contributed by atoms with Gasteiger partial charge in [0.2, 0.25) is 0 Å². The Morgan fingerprint density at radius 1 is 1.06 bits per heavy atom. The molecule has 2 fully saturated rings. The molecule has 0 bridgehead atoms. The second kappa shape index (κ2) is 11.2. The number of nitrogens with zero attached hydrogens (tertiary/aromatic N) is 3. The number of hydrogen-bond donors (Lipinski definition) is 0. The number of rotatable bonds is 3. The molecule has 1 aromatic carbocycles. The van der Waals surface area contributed by atoms with Crippen LogP contribution in [0.2, 0.25) is 18.6 Å². The molecule has 164 valence electrons. The zero-order valence-corrected chi connectivity index (χ0v) is 22.4. The van der Waals surface area contributed by atoms with Crippen LogP contribution in [0.1, 0.15) is 18.1 Å². The molecule has 2 aliphatic carbocycles. The Morgan fingerprint density at radius 2 is 1.71 bits per heavy atom. The van der Waals surface area contributed by atoms with Gasteiger partial charge in [-0.05, 0) is 35.9 Å². The van der Waals surface area contributed by atoms with Crippen LogP contribution in [-0.4, -0.2) is 32.8 Å². The van der Waals surface area contributed by atoms with E-state index in [0.29, 0.717) is 30.0 Å². The Labute approximate surface area is 204 Å². The number of allylic oxidation sites excluding steroid dienone is 4. The molecule has 3 aliphatic rings. The van der Waals surface area contributed by atoms with E-state index in [0.717, 1.165) is 24.7 Å². The van der Waals surface area contributed by atoms with Gasteiger partial charge in [0.1, 0.15) is 19.6 Å². The molecule has 8 heteroatoms. The predicted molar refractivity (Wildman–Crippen MR) is 131 cm³/mol. The maximum absolute atomic E-state index is 6.31. The summed E-state index contributed by atoms with van der Waals surface area (Å²) in [7, 11) is 8.11. The molecule has 0 amide bonds. The van der Waals surface area contributed by atoms with Crippen molar-refractivity contribution in [3.8, 4) is 0 Å². The summed E-state index contributed by atoms with van der Waals surface area (Å²) in [6.45, 7) is 7.40. The third kappa shape index (κ3) is 5.25. The van der Waals surface area contributed by atoms with Crippen molar-refractivity contribution in [1.29, 1.82) is 0 Å². The quantitative estimate of drug-likeness (QED) is 0.315. The van der Waals surface area contributed by atoms with Crippen LogP contribution >= 0.6 is 18.6 Å². The van der Waals surface area contributed by atoms with Crippen molar-refractivity contribution in [2.45, 2.75) is 31.0 Å². The Kier molecular flexibility index (Phi) is 9.10. The van der Waals surface area contributed by atoms with Crippen molar-refractivity contribution in [1.82, 2.24) is 4.57 Å². The van der Waals surface area contributed by atoms with Crippen molar-refractivity contribution in [2.75, 3.05) is 20.0 Å². The van der Waals surface area contributed by atoms with Crippen LogP contribution in [0.5, 0.6) is 0 Å². The van der Waals surface area contributed by atoms with E-state index >= 15 is 0 Å². The van der Waals surface area contributed by atoms with Gasteiger partial charge in [0.05, 0.1) is 0 Å². The Bertz CT molecular complexity index is 880. The molecule has 0 radical (unpaired) electrons. The molecule has 0 N–H and O–H groups in total. The third-order valence-corrected chi connectivity index (χ3v) is 11.3. The average molecular weight is 511 g/mol. The molecular weight excluding hydrogens is 481 g/mol. The van der Waals surface area contributed by atoms with Crippen molar-refractivity contribution < 1.29 is 21.4 Å². The molecule has 1 saturated heterocycles. The Morgan fingerprint density at radius 3 is 2.39 bits per heavy atom. The second-order valence-corrected chi connectivity index (χ2v) is 16.0. The molecule has 4 nitrogen and oxygen atoms in total. The summed E-state index contributed by atoms with van der Waals surface area (Å²) < 4.78 is 8.89. The average Bonchev–Trinajstić information content (AvgIpc) is 3.37. The summed E-state index contributed by atoms with van der Waals surface area (Å²) in [6.07, 6.45) is 10.5. The fraction of sp³-hybridized carbons (Fsp3) is 0.435. The van der Waals surface area contributed by atoms with Gasteiger partial charge in [-0.2, -0.15) is 0 Å². The van der Waals surface area contributed by atoms with Gasteiger partial charge in [-0.1, -0.05) is 55.6 Å². The molecule has 2 aromatic rings. The Hall–Kier alpha value is -0.369. The van der Waals surface area contributed by atoms with E-state index in [1.807, 2.05) is 0 Å². The number of furan rings is 1. The van der Waals surface area contributed by atoms with E-state index in [2.05, 4.69) is 82.9 Å². The first-order chi connectivity index (χ1) is 14.6. The minimum absolute atomic E-state index is 0. The predicted octanol–water partition coefficient (Wildman–Crippen LogP) is 7.62. The van der Waals surface area contributed by atoms with E-state index in [4.69, 9.17) is 23.0 Å². The fourth-order valence-electron chi connectivity index (χ4n) is 5.33. The van der Waals surface area contributed by atoms with Crippen molar-refractivity contribution in [3.63, 3.8) is 0 Å². The number of hydrogen-bond acceptors (Lipinski definition) is 2. The fourth-order valence-corrected chi connectivity index (χ4v) is 8.83. The molecule has 31 heavy (non-hydrogen) atoms. The van der Waals surface area contributed by atoms with E-state index in [-0.39, 0.29) is 7.43 Å². The first-order valence-corrected chi connectivity index (χ1v) is 17.7. The summed E-state index contributed by atoms with van der Waals surface area (Å²) in [4.78, 5) is 0. The third-order valence-electron chi connectivity index (χ3n) is 6.93. The second-order valence-electron chi connectivity index (χ2n) is 8.70. The standard InChI is InChI=1S/C22H27N3OSi.CH3.2ClH.Ti/c1-27(2,25-14-23-13-24-15-25)22-12-19(17-8-4-5-9-18(17)22)21-11-16-7-3-6-10-20(16)26-21;;;;/h3-11,17-19,22H,12-15H2,1-2H3;1H3;2*1H;/q-2;-1;;;+6/p-2/t17?,18?,19-,22?;;;;/m0..../s1. The molecular formula is C23H30Cl2N3OSiTi+. The van der Waals surface area contributed by atoms with Gasteiger partial charge < -0.3 is 27.0 Å². The Balaban J connectivity index is 0.000000645. The van der Waals surface area contributed by atoms with E-state index in [1.54, 1.807) is 0 Å². The van der Waals surface area contributed by atoms with Crippen molar-refractivity contribution in [2.24, 2.45) is 11.8 Å². The summed E-state index contributed by atoms with van der Waals surface area (Å²) in [6, 6.07) is 10.6. The van der Waals surface area contributed by atoms with Crippen LogP contribution in [-0.2, 0) is 17.0 Å².